The van der Waals surface area contributed by atoms with E-state index in [1.54, 1.807) is 6.20 Å². The van der Waals surface area contributed by atoms with E-state index in [9.17, 15) is 5.11 Å². The first-order chi connectivity index (χ1) is 6.68. The van der Waals surface area contributed by atoms with Crippen LogP contribution in [0.4, 0.5) is 0 Å². The molecule has 1 aromatic heterocycles. The third kappa shape index (κ3) is 1.53. The molecular weight excluding hydrogens is 176 g/mol. The molecule has 0 aliphatic heterocycles. The molecule has 3 heteroatoms. The Kier molecular flexibility index (Phi) is 2.29. The van der Waals surface area contributed by atoms with Gasteiger partial charge in [-0.25, -0.2) is 0 Å². The Hall–Kier alpha value is -0.930. The fraction of sp³-hybridized carbons (Fsp3) is 0.545. The van der Waals surface area contributed by atoms with Crippen LogP contribution in [0.3, 0.4) is 0 Å². The molecule has 1 aliphatic rings. The highest BCUT2D eigenvalue weighted by atomic mass is 16.3. The van der Waals surface area contributed by atoms with Crippen molar-refractivity contribution >= 4 is 0 Å². The highest BCUT2D eigenvalue weighted by Gasteiger charge is 2.48. The van der Waals surface area contributed by atoms with Gasteiger partial charge in [0.1, 0.15) is 6.10 Å². The van der Waals surface area contributed by atoms with Crippen LogP contribution in [0.5, 0.6) is 0 Å². The van der Waals surface area contributed by atoms with E-state index in [0.29, 0.717) is 6.54 Å². The normalized spacial score (nSPS) is 20.5. The van der Waals surface area contributed by atoms with Gasteiger partial charge in [-0.05, 0) is 31.4 Å². The number of pyridine rings is 1. The summed E-state index contributed by atoms with van der Waals surface area (Å²) in [6.07, 6.45) is 3.32. The third-order valence-corrected chi connectivity index (χ3v) is 3.09. The minimum Gasteiger partial charge on any atom is -0.386 e. The largest absolute Gasteiger partial charge is 0.386 e. The Morgan fingerprint density at radius 2 is 2.29 bits per heavy atom. The molecule has 1 unspecified atom stereocenters. The lowest BCUT2D eigenvalue weighted by Gasteiger charge is -2.19. The van der Waals surface area contributed by atoms with E-state index in [-0.39, 0.29) is 5.41 Å². The standard InChI is InChI=1S/C11H16N2O/c1-8-2-3-9(13-6-8)10(14)11(7-12)4-5-11/h2-3,6,10,14H,4-5,7,12H2,1H3. The number of hydrogen-bond acceptors (Lipinski definition) is 3. The summed E-state index contributed by atoms with van der Waals surface area (Å²) < 4.78 is 0. The smallest absolute Gasteiger partial charge is 0.103 e. The summed E-state index contributed by atoms with van der Waals surface area (Å²) in [6.45, 7) is 2.53. The van der Waals surface area contributed by atoms with E-state index < -0.39 is 6.10 Å². The van der Waals surface area contributed by atoms with E-state index in [2.05, 4.69) is 4.98 Å². The van der Waals surface area contributed by atoms with Crippen molar-refractivity contribution in [2.75, 3.05) is 6.54 Å². The molecule has 0 spiro atoms. The molecule has 0 amide bonds. The SMILES string of the molecule is Cc1ccc(C(O)C2(CN)CC2)nc1. The van der Waals surface area contributed by atoms with Crippen molar-refractivity contribution < 1.29 is 5.11 Å². The minimum atomic E-state index is -0.493. The van der Waals surface area contributed by atoms with Gasteiger partial charge in [0.2, 0.25) is 0 Å². The number of aromatic nitrogens is 1. The Morgan fingerprint density at radius 1 is 1.57 bits per heavy atom. The van der Waals surface area contributed by atoms with Crippen molar-refractivity contribution in [3.8, 4) is 0 Å². The first-order valence-electron chi connectivity index (χ1n) is 4.99. The highest BCUT2D eigenvalue weighted by molar-refractivity contribution is 5.18. The molecule has 14 heavy (non-hydrogen) atoms. The van der Waals surface area contributed by atoms with Crippen molar-refractivity contribution in [1.29, 1.82) is 0 Å². The summed E-state index contributed by atoms with van der Waals surface area (Å²) >= 11 is 0. The molecule has 3 N–H and O–H groups in total. The zero-order valence-electron chi connectivity index (χ0n) is 8.40. The number of aryl methyl sites for hydroxylation is 1. The maximum absolute atomic E-state index is 10.1. The molecule has 3 nitrogen and oxygen atoms in total. The second-order valence-corrected chi connectivity index (χ2v) is 4.23. The fourth-order valence-corrected chi connectivity index (χ4v) is 1.70. The monoisotopic (exact) mass is 192 g/mol. The highest BCUT2D eigenvalue weighted by Crippen LogP contribution is 2.53. The molecule has 1 aliphatic carbocycles. The van der Waals surface area contributed by atoms with Crippen LogP contribution < -0.4 is 5.73 Å². The predicted octanol–water partition coefficient (Wildman–Crippen LogP) is 1.16. The molecule has 0 aromatic carbocycles. The van der Waals surface area contributed by atoms with Gasteiger partial charge in [-0.2, -0.15) is 0 Å². The van der Waals surface area contributed by atoms with Crippen LogP contribution in [-0.4, -0.2) is 16.6 Å². The zero-order valence-corrected chi connectivity index (χ0v) is 8.40. The number of rotatable bonds is 3. The lowest BCUT2D eigenvalue weighted by atomic mass is 9.96. The first kappa shape index (κ1) is 9.62. The Morgan fingerprint density at radius 3 is 2.71 bits per heavy atom. The summed E-state index contributed by atoms with van der Waals surface area (Å²) in [4.78, 5) is 4.23. The molecule has 0 radical (unpaired) electrons. The lowest BCUT2D eigenvalue weighted by Crippen LogP contribution is -2.24. The van der Waals surface area contributed by atoms with Crippen LogP contribution >= 0.6 is 0 Å². The molecule has 0 saturated heterocycles. The van der Waals surface area contributed by atoms with E-state index in [4.69, 9.17) is 5.73 Å². The summed E-state index contributed by atoms with van der Waals surface area (Å²) in [5, 5.41) is 10.1. The second kappa shape index (κ2) is 3.33. The van der Waals surface area contributed by atoms with E-state index >= 15 is 0 Å². The molecule has 2 rings (SSSR count). The van der Waals surface area contributed by atoms with Crippen LogP contribution in [-0.2, 0) is 0 Å². The van der Waals surface area contributed by atoms with Crippen LogP contribution in [0.1, 0.15) is 30.2 Å². The van der Waals surface area contributed by atoms with Gasteiger partial charge in [-0.15, -0.1) is 0 Å². The van der Waals surface area contributed by atoms with Gasteiger partial charge in [0, 0.05) is 18.2 Å². The van der Waals surface area contributed by atoms with E-state index in [1.807, 2.05) is 19.1 Å². The van der Waals surface area contributed by atoms with E-state index in [0.717, 1.165) is 24.1 Å². The summed E-state index contributed by atoms with van der Waals surface area (Å²) in [6, 6.07) is 3.86. The third-order valence-electron chi connectivity index (χ3n) is 3.09. The molecule has 1 saturated carbocycles. The Bertz CT molecular complexity index is 317. The van der Waals surface area contributed by atoms with Crippen LogP contribution in [0.2, 0.25) is 0 Å². The fourth-order valence-electron chi connectivity index (χ4n) is 1.70. The number of aliphatic hydroxyl groups excluding tert-OH is 1. The average molecular weight is 192 g/mol. The van der Waals surface area contributed by atoms with Gasteiger partial charge in [0.15, 0.2) is 0 Å². The number of nitrogens with zero attached hydrogens (tertiary/aromatic N) is 1. The molecule has 0 bridgehead atoms. The minimum absolute atomic E-state index is 0.0811. The maximum Gasteiger partial charge on any atom is 0.103 e. The molecule has 76 valence electrons. The van der Waals surface area contributed by atoms with Gasteiger partial charge < -0.3 is 10.8 Å². The van der Waals surface area contributed by atoms with Gasteiger partial charge in [0.25, 0.3) is 0 Å². The van der Waals surface area contributed by atoms with Crippen molar-refractivity contribution in [1.82, 2.24) is 4.98 Å². The van der Waals surface area contributed by atoms with Crippen LogP contribution in [0.15, 0.2) is 18.3 Å². The van der Waals surface area contributed by atoms with Crippen molar-refractivity contribution in [3.05, 3.63) is 29.6 Å². The Labute approximate surface area is 84.0 Å². The van der Waals surface area contributed by atoms with Gasteiger partial charge in [-0.1, -0.05) is 6.07 Å². The number of hydrogen-bond donors (Lipinski definition) is 2. The van der Waals surface area contributed by atoms with Crippen molar-refractivity contribution in [2.24, 2.45) is 11.1 Å². The Balaban J connectivity index is 2.19. The van der Waals surface area contributed by atoms with Gasteiger partial charge in [0.05, 0.1) is 5.69 Å². The number of aliphatic hydroxyl groups is 1. The molecular formula is C11H16N2O. The number of nitrogens with two attached hydrogens (primary N) is 1. The summed E-state index contributed by atoms with van der Waals surface area (Å²) in [7, 11) is 0. The average Bonchev–Trinajstić information content (AvgIpc) is 2.99. The van der Waals surface area contributed by atoms with Gasteiger partial charge in [-0.3, -0.25) is 4.98 Å². The van der Waals surface area contributed by atoms with Crippen LogP contribution in [0, 0.1) is 12.3 Å². The molecule has 1 aromatic rings. The molecule has 1 fully saturated rings. The van der Waals surface area contributed by atoms with Crippen molar-refractivity contribution in [2.45, 2.75) is 25.9 Å². The quantitative estimate of drug-likeness (QED) is 0.755. The van der Waals surface area contributed by atoms with Crippen molar-refractivity contribution in [3.63, 3.8) is 0 Å². The summed E-state index contributed by atoms with van der Waals surface area (Å²) in [5.74, 6) is 0. The zero-order chi connectivity index (χ0) is 10.2. The maximum atomic E-state index is 10.1. The van der Waals surface area contributed by atoms with E-state index in [1.165, 1.54) is 0 Å². The summed E-state index contributed by atoms with van der Waals surface area (Å²) in [5.41, 5.74) is 7.43. The molecule has 1 heterocycles. The molecule has 1 atom stereocenters. The second-order valence-electron chi connectivity index (χ2n) is 4.23. The van der Waals surface area contributed by atoms with Crippen LogP contribution in [0.25, 0.3) is 0 Å². The van der Waals surface area contributed by atoms with Gasteiger partial charge >= 0.3 is 0 Å². The lowest BCUT2D eigenvalue weighted by molar-refractivity contribution is 0.0934. The first-order valence-corrected chi connectivity index (χ1v) is 4.99. The predicted molar refractivity (Wildman–Crippen MR) is 54.7 cm³/mol. The topological polar surface area (TPSA) is 59.1 Å².